The van der Waals surface area contributed by atoms with Gasteiger partial charge in [-0.15, -0.1) is 0 Å². The van der Waals surface area contributed by atoms with Gasteiger partial charge in [-0.1, -0.05) is 0 Å². The monoisotopic (exact) mass is 288 g/mol. The predicted octanol–water partition coefficient (Wildman–Crippen LogP) is 1.56. The highest BCUT2D eigenvalue weighted by molar-refractivity contribution is 5.86. The first-order valence-corrected chi connectivity index (χ1v) is 6.41. The summed E-state index contributed by atoms with van der Waals surface area (Å²) in [5.41, 5.74) is 1.55. The van der Waals surface area contributed by atoms with E-state index in [1.165, 1.54) is 19.3 Å². The lowest BCUT2D eigenvalue weighted by atomic mass is 10.4. The SMILES string of the molecule is CCOC(=O)C=Cc1ncc(-n2cnc(C)c2)c(OC)n1. The molecule has 0 saturated carbocycles. The number of hydrogen-bond acceptors (Lipinski definition) is 6. The molecule has 7 heteroatoms. The van der Waals surface area contributed by atoms with Gasteiger partial charge in [0.1, 0.15) is 5.69 Å². The molecule has 2 aromatic rings. The maximum Gasteiger partial charge on any atom is 0.330 e. The van der Waals surface area contributed by atoms with Gasteiger partial charge in [0.15, 0.2) is 5.82 Å². The third kappa shape index (κ3) is 3.65. The van der Waals surface area contributed by atoms with E-state index >= 15 is 0 Å². The Morgan fingerprint density at radius 3 is 2.86 bits per heavy atom. The van der Waals surface area contributed by atoms with Crippen LogP contribution in [0.4, 0.5) is 0 Å². The zero-order valence-corrected chi connectivity index (χ0v) is 12.1. The summed E-state index contributed by atoms with van der Waals surface area (Å²) < 4.78 is 11.8. The zero-order valence-electron chi connectivity index (χ0n) is 12.1. The quantitative estimate of drug-likeness (QED) is 0.613. The maximum absolute atomic E-state index is 11.3. The first-order chi connectivity index (χ1) is 10.1. The lowest BCUT2D eigenvalue weighted by molar-refractivity contribution is -0.137. The average Bonchev–Trinajstić information content (AvgIpc) is 2.91. The molecule has 0 aliphatic heterocycles. The predicted molar refractivity (Wildman–Crippen MR) is 76.1 cm³/mol. The van der Waals surface area contributed by atoms with Crippen molar-refractivity contribution in [2.24, 2.45) is 0 Å². The van der Waals surface area contributed by atoms with E-state index in [9.17, 15) is 4.79 Å². The molecule has 2 aromatic heterocycles. The Hall–Kier alpha value is -2.70. The summed E-state index contributed by atoms with van der Waals surface area (Å²) >= 11 is 0. The molecule has 0 aromatic carbocycles. The Labute approximate surface area is 122 Å². The first kappa shape index (κ1) is 14.7. The molecule has 2 rings (SSSR count). The van der Waals surface area contributed by atoms with E-state index < -0.39 is 5.97 Å². The molecular weight excluding hydrogens is 272 g/mol. The van der Waals surface area contributed by atoms with Gasteiger partial charge in [-0.05, 0) is 19.9 Å². The minimum Gasteiger partial charge on any atom is -0.479 e. The highest BCUT2D eigenvalue weighted by Gasteiger charge is 2.09. The third-order valence-electron chi connectivity index (χ3n) is 2.59. The van der Waals surface area contributed by atoms with Crippen molar-refractivity contribution in [1.29, 1.82) is 0 Å². The fourth-order valence-corrected chi connectivity index (χ4v) is 1.67. The van der Waals surface area contributed by atoms with Crippen molar-refractivity contribution in [3.05, 3.63) is 36.3 Å². The normalized spacial score (nSPS) is 10.8. The van der Waals surface area contributed by atoms with E-state index in [1.54, 1.807) is 24.0 Å². The number of aromatic nitrogens is 4. The third-order valence-corrected chi connectivity index (χ3v) is 2.59. The molecule has 0 aliphatic rings. The number of aryl methyl sites for hydroxylation is 1. The summed E-state index contributed by atoms with van der Waals surface area (Å²) in [5, 5.41) is 0. The molecular formula is C14H16N4O3. The molecule has 0 bridgehead atoms. The lowest BCUT2D eigenvalue weighted by Crippen LogP contribution is -2.02. The topological polar surface area (TPSA) is 79.1 Å². The van der Waals surface area contributed by atoms with E-state index in [2.05, 4.69) is 15.0 Å². The van der Waals surface area contributed by atoms with E-state index in [0.717, 1.165) is 5.69 Å². The van der Waals surface area contributed by atoms with Crippen LogP contribution in [0.15, 0.2) is 24.8 Å². The number of methoxy groups -OCH3 is 1. The second-order valence-electron chi connectivity index (χ2n) is 4.13. The highest BCUT2D eigenvalue weighted by atomic mass is 16.5. The fourth-order valence-electron chi connectivity index (χ4n) is 1.67. The minimum absolute atomic E-state index is 0.326. The Morgan fingerprint density at radius 1 is 1.43 bits per heavy atom. The molecule has 0 amide bonds. The van der Waals surface area contributed by atoms with Crippen molar-refractivity contribution >= 4 is 12.0 Å². The van der Waals surface area contributed by atoms with Gasteiger partial charge in [0.05, 0.1) is 31.9 Å². The van der Waals surface area contributed by atoms with Gasteiger partial charge in [0, 0.05) is 12.3 Å². The van der Waals surface area contributed by atoms with Crippen molar-refractivity contribution in [1.82, 2.24) is 19.5 Å². The van der Waals surface area contributed by atoms with E-state index in [-0.39, 0.29) is 0 Å². The molecule has 0 saturated heterocycles. The van der Waals surface area contributed by atoms with Crippen LogP contribution in [-0.2, 0) is 9.53 Å². The van der Waals surface area contributed by atoms with E-state index in [0.29, 0.717) is 24.0 Å². The molecule has 0 aliphatic carbocycles. The summed E-state index contributed by atoms with van der Waals surface area (Å²) in [6, 6.07) is 0. The molecule has 7 nitrogen and oxygen atoms in total. The Balaban J connectivity index is 2.26. The number of ether oxygens (including phenoxy) is 2. The lowest BCUT2D eigenvalue weighted by Gasteiger charge is -2.07. The van der Waals surface area contributed by atoms with Gasteiger partial charge in [0.2, 0.25) is 5.88 Å². The molecule has 0 unspecified atom stereocenters. The number of nitrogens with zero attached hydrogens (tertiary/aromatic N) is 4. The van der Waals surface area contributed by atoms with Gasteiger partial charge in [-0.25, -0.2) is 14.8 Å². The first-order valence-electron chi connectivity index (χ1n) is 6.41. The number of rotatable bonds is 5. The highest BCUT2D eigenvalue weighted by Crippen LogP contribution is 2.19. The standard InChI is InChI=1S/C14H16N4O3/c1-4-21-13(19)6-5-12-15-7-11(14(17-12)20-3)18-8-10(2)16-9-18/h5-9H,4H2,1-3H3. The Kier molecular flexibility index (Phi) is 4.65. The summed E-state index contributed by atoms with van der Waals surface area (Å²) in [6.45, 7) is 3.96. The van der Waals surface area contributed by atoms with Gasteiger partial charge >= 0.3 is 5.97 Å². The van der Waals surface area contributed by atoms with Crippen molar-refractivity contribution < 1.29 is 14.3 Å². The molecule has 2 heterocycles. The van der Waals surface area contributed by atoms with Crippen LogP contribution in [0.5, 0.6) is 5.88 Å². The van der Waals surface area contributed by atoms with Crippen LogP contribution in [0.3, 0.4) is 0 Å². The fraction of sp³-hybridized carbons (Fsp3) is 0.286. The van der Waals surface area contributed by atoms with Crippen molar-refractivity contribution in [2.45, 2.75) is 13.8 Å². The van der Waals surface area contributed by atoms with Crippen LogP contribution < -0.4 is 4.74 Å². The summed E-state index contributed by atoms with van der Waals surface area (Å²) in [4.78, 5) is 23.8. The van der Waals surface area contributed by atoms with Gasteiger partial charge in [0.25, 0.3) is 0 Å². The maximum atomic E-state index is 11.3. The minimum atomic E-state index is -0.436. The molecule has 0 fully saturated rings. The molecule has 0 atom stereocenters. The molecule has 21 heavy (non-hydrogen) atoms. The summed E-state index contributed by atoms with van der Waals surface area (Å²) in [7, 11) is 1.52. The van der Waals surface area contributed by atoms with Crippen molar-refractivity contribution in [2.75, 3.05) is 13.7 Å². The molecule has 0 radical (unpaired) electrons. The van der Waals surface area contributed by atoms with Gasteiger partial charge < -0.3 is 9.47 Å². The van der Waals surface area contributed by atoms with Crippen molar-refractivity contribution in [3.63, 3.8) is 0 Å². The van der Waals surface area contributed by atoms with Crippen LogP contribution in [0.25, 0.3) is 11.8 Å². The second kappa shape index (κ2) is 6.65. The van der Waals surface area contributed by atoms with Gasteiger partial charge in [-0.2, -0.15) is 4.98 Å². The number of imidazole rings is 1. The van der Waals surface area contributed by atoms with Crippen LogP contribution in [-0.4, -0.2) is 39.2 Å². The van der Waals surface area contributed by atoms with E-state index in [4.69, 9.17) is 9.47 Å². The Morgan fingerprint density at radius 2 is 2.24 bits per heavy atom. The van der Waals surface area contributed by atoms with Crippen molar-refractivity contribution in [3.8, 4) is 11.6 Å². The number of carbonyl (C=O) groups is 1. The zero-order chi connectivity index (χ0) is 15.2. The summed E-state index contributed by atoms with van der Waals surface area (Å²) in [6.07, 6.45) is 7.86. The van der Waals surface area contributed by atoms with E-state index in [1.807, 2.05) is 13.1 Å². The van der Waals surface area contributed by atoms with Crippen LogP contribution >= 0.6 is 0 Å². The van der Waals surface area contributed by atoms with Gasteiger partial charge in [-0.3, -0.25) is 4.57 Å². The average molecular weight is 288 g/mol. The molecule has 0 spiro atoms. The number of hydrogen-bond donors (Lipinski definition) is 0. The Bertz CT molecular complexity index is 664. The van der Waals surface area contributed by atoms with Crippen LogP contribution in [0.1, 0.15) is 18.4 Å². The number of carbonyl (C=O) groups excluding carboxylic acids is 1. The van der Waals surface area contributed by atoms with Crippen LogP contribution in [0.2, 0.25) is 0 Å². The summed E-state index contributed by atoms with van der Waals surface area (Å²) in [5.74, 6) is 0.320. The smallest absolute Gasteiger partial charge is 0.330 e. The largest absolute Gasteiger partial charge is 0.479 e. The molecule has 0 N–H and O–H groups in total. The number of esters is 1. The second-order valence-corrected chi connectivity index (χ2v) is 4.13. The molecule has 110 valence electrons. The van der Waals surface area contributed by atoms with Crippen LogP contribution in [0, 0.1) is 6.92 Å².